The lowest BCUT2D eigenvalue weighted by Crippen LogP contribution is -2.56. The fraction of sp³-hybridized carbons (Fsp3) is 0.938. The molecule has 1 atom stereocenters. The standard InChI is InChI=1S/C16H28N2O/c1-16(17,13-7-8-13)15(19)18(14-9-10-14)11-12-5-3-2-4-6-12/h12-14H,2-11,17H2,1H3. The summed E-state index contributed by atoms with van der Waals surface area (Å²) in [6.07, 6.45) is 11.4. The molecule has 3 heteroatoms. The van der Waals surface area contributed by atoms with E-state index in [0.29, 0.717) is 12.0 Å². The molecular formula is C16H28N2O. The van der Waals surface area contributed by atoms with E-state index in [4.69, 9.17) is 5.73 Å². The van der Waals surface area contributed by atoms with Gasteiger partial charge in [0.2, 0.25) is 5.91 Å². The number of nitrogens with two attached hydrogens (primary N) is 1. The molecule has 0 radical (unpaired) electrons. The van der Waals surface area contributed by atoms with Crippen molar-refractivity contribution >= 4 is 5.91 Å². The molecule has 0 bridgehead atoms. The molecule has 0 spiro atoms. The van der Waals surface area contributed by atoms with Crippen LogP contribution in [-0.2, 0) is 4.79 Å². The highest BCUT2D eigenvalue weighted by molar-refractivity contribution is 5.87. The molecule has 108 valence electrons. The van der Waals surface area contributed by atoms with Gasteiger partial charge in [0.25, 0.3) is 0 Å². The van der Waals surface area contributed by atoms with Crippen LogP contribution < -0.4 is 5.73 Å². The first-order chi connectivity index (χ1) is 9.09. The Morgan fingerprint density at radius 1 is 1.11 bits per heavy atom. The summed E-state index contributed by atoms with van der Waals surface area (Å²) >= 11 is 0. The highest BCUT2D eigenvalue weighted by atomic mass is 16.2. The van der Waals surface area contributed by atoms with Crippen LogP contribution in [0.25, 0.3) is 0 Å². The molecule has 3 aliphatic carbocycles. The van der Waals surface area contributed by atoms with Crippen molar-refractivity contribution in [3.05, 3.63) is 0 Å². The minimum atomic E-state index is -0.600. The van der Waals surface area contributed by atoms with Gasteiger partial charge >= 0.3 is 0 Å². The predicted molar refractivity (Wildman–Crippen MR) is 76.6 cm³/mol. The van der Waals surface area contributed by atoms with E-state index in [9.17, 15) is 4.79 Å². The van der Waals surface area contributed by atoms with Crippen molar-refractivity contribution in [2.24, 2.45) is 17.6 Å². The monoisotopic (exact) mass is 264 g/mol. The Morgan fingerprint density at radius 2 is 1.74 bits per heavy atom. The van der Waals surface area contributed by atoms with E-state index >= 15 is 0 Å². The van der Waals surface area contributed by atoms with Crippen LogP contribution in [0.15, 0.2) is 0 Å². The third-order valence-corrected chi connectivity index (χ3v) is 5.31. The van der Waals surface area contributed by atoms with E-state index in [0.717, 1.165) is 25.3 Å². The Labute approximate surface area is 116 Å². The van der Waals surface area contributed by atoms with Crippen molar-refractivity contribution in [3.8, 4) is 0 Å². The molecule has 3 saturated carbocycles. The summed E-state index contributed by atoms with van der Waals surface area (Å²) < 4.78 is 0. The topological polar surface area (TPSA) is 46.3 Å². The van der Waals surface area contributed by atoms with Gasteiger partial charge in [-0.2, -0.15) is 0 Å². The van der Waals surface area contributed by atoms with Gasteiger partial charge < -0.3 is 10.6 Å². The summed E-state index contributed by atoms with van der Waals surface area (Å²) in [6, 6.07) is 0.510. The Kier molecular flexibility index (Phi) is 3.59. The molecular weight excluding hydrogens is 236 g/mol. The summed E-state index contributed by atoms with van der Waals surface area (Å²) in [6.45, 7) is 2.94. The molecule has 19 heavy (non-hydrogen) atoms. The summed E-state index contributed by atoms with van der Waals surface area (Å²) in [5, 5.41) is 0. The van der Waals surface area contributed by atoms with Gasteiger partial charge in [-0.1, -0.05) is 19.3 Å². The summed E-state index contributed by atoms with van der Waals surface area (Å²) in [4.78, 5) is 15.0. The highest BCUT2D eigenvalue weighted by Gasteiger charge is 2.48. The molecule has 0 aromatic carbocycles. The summed E-state index contributed by atoms with van der Waals surface area (Å²) in [7, 11) is 0. The Morgan fingerprint density at radius 3 is 2.26 bits per heavy atom. The Balaban J connectivity index is 1.64. The number of carbonyl (C=O) groups excluding carboxylic acids is 1. The van der Waals surface area contributed by atoms with E-state index < -0.39 is 5.54 Å². The van der Waals surface area contributed by atoms with Crippen molar-refractivity contribution in [3.63, 3.8) is 0 Å². The molecule has 3 fully saturated rings. The number of amides is 1. The van der Waals surface area contributed by atoms with Gasteiger partial charge in [0.1, 0.15) is 0 Å². The smallest absolute Gasteiger partial charge is 0.242 e. The maximum atomic E-state index is 12.8. The fourth-order valence-electron chi connectivity index (χ4n) is 3.60. The minimum Gasteiger partial charge on any atom is -0.338 e. The van der Waals surface area contributed by atoms with E-state index in [1.807, 2.05) is 6.92 Å². The SMILES string of the molecule is CC(N)(C(=O)N(CC1CCCCC1)C1CC1)C1CC1. The molecule has 1 unspecified atom stereocenters. The lowest BCUT2D eigenvalue weighted by atomic mass is 9.88. The van der Waals surface area contributed by atoms with E-state index in [2.05, 4.69) is 4.90 Å². The van der Waals surface area contributed by atoms with Crippen molar-refractivity contribution in [2.45, 2.75) is 76.3 Å². The zero-order valence-corrected chi connectivity index (χ0v) is 12.2. The second-order valence-electron chi connectivity index (χ2n) is 7.25. The minimum absolute atomic E-state index is 0.239. The van der Waals surface area contributed by atoms with Crippen LogP contribution >= 0.6 is 0 Å². The van der Waals surface area contributed by atoms with Gasteiger partial charge in [-0.25, -0.2) is 0 Å². The van der Waals surface area contributed by atoms with Crippen molar-refractivity contribution in [1.29, 1.82) is 0 Å². The van der Waals surface area contributed by atoms with Gasteiger partial charge in [0.15, 0.2) is 0 Å². The van der Waals surface area contributed by atoms with Crippen LogP contribution in [0, 0.1) is 11.8 Å². The molecule has 0 aromatic heterocycles. The predicted octanol–water partition coefficient (Wildman–Crippen LogP) is 2.69. The zero-order chi connectivity index (χ0) is 13.5. The largest absolute Gasteiger partial charge is 0.338 e. The lowest BCUT2D eigenvalue weighted by Gasteiger charge is -2.35. The molecule has 0 heterocycles. The molecule has 0 aromatic rings. The van der Waals surface area contributed by atoms with Crippen LogP contribution in [0.4, 0.5) is 0 Å². The summed E-state index contributed by atoms with van der Waals surface area (Å²) in [5.41, 5.74) is 5.75. The third-order valence-electron chi connectivity index (χ3n) is 5.31. The van der Waals surface area contributed by atoms with Crippen LogP contribution in [-0.4, -0.2) is 28.9 Å². The van der Waals surface area contributed by atoms with Crippen LogP contribution in [0.1, 0.15) is 64.7 Å². The van der Waals surface area contributed by atoms with Crippen LogP contribution in [0.3, 0.4) is 0 Å². The first kappa shape index (κ1) is 13.4. The van der Waals surface area contributed by atoms with E-state index in [1.165, 1.54) is 44.9 Å². The quantitative estimate of drug-likeness (QED) is 0.830. The number of hydrogen-bond acceptors (Lipinski definition) is 2. The van der Waals surface area contributed by atoms with Gasteiger partial charge in [-0.15, -0.1) is 0 Å². The van der Waals surface area contributed by atoms with E-state index in [-0.39, 0.29) is 5.91 Å². The van der Waals surface area contributed by atoms with Crippen LogP contribution in [0.2, 0.25) is 0 Å². The summed E-state index contributed by atoms with van der Waals surface area (Å²) in [5.74, 6) is 1.41. The van der Waals surface area contributed by atoms with Gasteiger partial charge in [0, 0.05) is 12.6 Å². The van der Waals surface area contributed by atoms with Gasteiger partial charge in [-0.05, 0) is 57.3 Å². The maximum Gasteiger partial charge on any atom is 0.242 e. The first-order valence-electron chi connectivity index (χ1n) is 8.19. The number of rotatable bonds is 5. The molecule has 0 saturated heterocycles. The Hall–Kier alpha value is -0.570. The molecule has 1 amide bonds. The van der Waals surface area contributed by atoms with Crippen molar-refractivity contribution in [1.82, 2.24) is 4.90 Å². The number of nitrogens with zero attached hydrogens (tertiary/aromatic N) is 1. The number of hydrogen-bond donors (Lipinski definition) is 1. The second-order valence-corrected chi connectivity index (χ2v) is 7.25. The molecule has 3 aliphatic rings. The van der Waals surface area contributed by atoms with Gasteiger partial charge in [-0.3, -0.25) is 4.79 Å². The zero-order valence-electron chi connectivity index (χ0n) is 12.2. The van der Waals surface area contributed by atoms with Crippen molar-refractivity contribution in [2.75, 3.05) is 6.54 Å². The van der Waals surface area contributed by atoms with E-state index in [1.54, 1.807) is 0 Å². The molecule has 0 aliphatic heterocycles. The molecule has 2 N–H and O–H groups in total. The lowest BCUT2D eigenvalue weighted by molar-refractivity contribution is -0.138. The maximum absolute atomic E-state index is 12.8. The van der Waals surface area contributed by atoms with Crippen molar-refractivity contribution < 1.29 is 4.79 Å². The normalized spacial score (nSPS) is 27.9. The molecule has 3 rings (SSSR count). The fourth-order valence-corrected chi connectivity index (χ4v) is 3.60. The highest BCUT2D eigenvalue weighted by Crippen LogP contribution is 2.41. The van der Waals surface area contributed by atoms with Gasteiger partial charge in [0.05, 0.1) is 5.54 Å². The second kappa shape index (κ2) is 5.08. The number of carbonyl (C=O) groups is 1. The Bertz CT molecular complexity index is 339. The first-order valence-corrected chi connectivity index (χ1v) is 8.19. The average molecular weight is 264 g/mol. The van der Waals surface area contributed by atoms with Crippen LogP contribution in [0.5, 0.6) is 0 Å². The third kappa shape index (κ3) is 2.96. The molecule has 3 nitrogen and oxygen atoms in total. The average Bonchev–Trinajstić information content (AvgIpc) is 3.29.